The Hall–Kier alpha value is -18.3. The summed E-state index contributed by atoms with van der Waals surface area (Å²) in [6, 6.07) is 142. The second-order valence-electron chi connectivity index (χ2n) is 31.4. The molecular formula is C114H63N9O3. The SMILES string of the molecule is N#Cc1ccc(-c2cc(-c3ccc4oc5ccccc5c4c3)cc(-n3c4ccccc4c4cc(C#N)ccc43)c2)cc1.N#Cc1ccc2c(c1)c1ccccc1n2-c1cc(-c2ccc3oc4ccccc4c3c2)cc(-c2ccccc2C#N)c1.N#Cc1cccc(-c2cc(-c3ccc4oc5ccccc5c4c3)cc(-n3c4ccccc4c4cc(C#N)ccc43)c2)c1. The molecule has 0 saturated carbocycles. The molecule has 6 aromatic heterocycles. The normalized spacial score (nSPS) is 11.3. The molecule has 12 nitrogen and oxygen atoms in total. The maximum atomic E-state index is 9.95. The molecule has 0 fully saturated rings. The molecule has 0 amide bonds. The number of fused-ring (bicyclic) bond motifs is 18. The molecule has 6 heterocycles. The molecule has 0 bridgehead atoms. The van der Waals surface area contributed by atoms with E-state index in [4.69, 9.17) is 13.3 Å². The van der Waals surface area contributed by atoms with Gasteiger partial charge in [-0.25, -0.2) is 0 Å². The van der Waals surface area contributed by atoms with Crippen molar-refractivity contribution in [1.29, 1.82) is 31.6 Å². The van der Waals surface area contributed by atoms with Crippen LogP contribution in [0.1, 0.15) is 33.4 Å². The maximum absolute atomic E-state index is 9.95. The minimum atomic E-state index is 0.617. The van der Waals surface area contributed by atoms with Crippen LogP contribution >= 0.6 is 0 Å². The number of hydrogen-bond donors (Lipinski definition) is 0. The van der Waals surface area contributed by atoms with Crippen molar-refractivity contribution < 1.29 is 13.3 Å². The average molecular weight is 1610 g/mol. The van der Waals surface area contributed by atoms with Crippen LogP contribution in [0.2, 0.25) is 0 Å². The smallest absolute Gasteiger partial charge is 0.135 e. The number of para-hydroxylation sites is 6. The summed E-state index contributed by atoms with van der Waals surface area (Å²) >= 11 is 0. The van der Waals surface area contributed by atoms with E-state index in [1.54, 1.807) is 0 Å². The van der Waals surface area contributed by atoms with Crippen molar-refractivity contribution in [2.45, 2.75) is 0 Å². The first-order valence-electron chi connectivity index (χ1n) is 41.1. The molecule has 0 atom stereocenters. The van der Waals surface area contributed by atoms with E-state index in [2.05, 4.69) is 196 Å². The number of benzene rings is 18. The summed E-state index contributed by atoms with van der Waals surface area (Å²) in [7, 11) is 0. The van der Waals surface area contributed by atoms with Crippen LogP contribution in [0.4, 0.5) is 0 Å². The van der Waals surface area contributed by atoms with Crippen LogP contribution in [0.5, 0.6) is 0 Å². The zero-order valence-corrected chi connectivity index (χ0v) is 67.1. The minimum absolute atomic E-state index is 0.617. The van der Waals surface area contributed by atoms with Gasteiger partial charge in [0.05, 0.1) is 103 Å². The second-order valence-corrected chi connectivity index (χ2v) is 31.4. The lowest BCUT2D eigenvalue weighted by Gasteiger charge is -2.15. The number of nitrogens with zero attached hydrogens (tertiary/aromatic N) is 9. The highest BCUT2D eigenvalue weighted by atomic mass is 16.3. The molecule has 0 spiro atoms. The van der Waals surface area contributed by atoms with Crippen molar-refractivity contribution in [2.24, 2.45) is 0 Å². The fourth-order valence-electron chi connectivity index (χ4n) is 18.2. The van der Waals surface area contributed by atoms with Crippen molar-refractivity contribution >= 4 is 131 Å². The van der Waals surface area contributed by atoms with Crippen LogP contribution in [0.3, 0.4) is 0 Å². The molecule has 18 aromatic carbocycles. The number of rotatable bonds is 9. The molecule has 12 heteroatoms. The molecule has 582 valence electrons. The number of hydrogen-bond acceptors (Lipinski definition) is 9. The Labute approximate surface area is 720 Å². The Bertz CT molecular complexity index is 8970. The van der Waals surface area contributed by atoms with Gasteiger partial charge >= 0.3 is 0 Å². The van der Waals surface area contributed by atoms with Gasteiger partial charge in [0.1, 0.15) is 33.5 Å². The molecular weight excluding hydrogens is 1540 g/mol. The summed E-state index contributed by atoms with van der Waals surface area (Å²) in [4.78, 5) is 0. The third-order valence-electron chi connectivity index (χ3n) is 24.1. The zero-order valence-electron chi connectivity index (χ0n) is 67.1. The van der Waals surface area contributed by atoms with E-state index in [0.717, 1.165) is 215 Å². The lowest BCUT2D eigenvalue weighted by molar-refractivity contribution is 0.668. The molecule has 0 aliphatic rings. The van der Waals surface area contributed by atoms with Gasteiger partial charge in [0.2, 0.25) is 0 Å². The molecule has 0 aliphatic heterocycles. The maximum Gasteiger partial charge on any atom is 0.135 e. The van der Waals surface area contributed by atoms with E-state index in [1.165, 1.54) is 0 Å². The monoisotopic (exact) mass is 1610 g/mol. The van der Waals surface area contributed by atoms with Crippen LogP contribution in [-0.2, 0) is 0 Å². The second kappa shape index (κ2) is 30.5. The van der Waals surface area contributed by atoms with Crippen molar-refractivity contribution in [3.8, 4) is 120 Å². The minimum Gasteiger partial charge on any atom is -0.456 e. The Balaban J connectivity index is 0.000000112. The lowest BCUT2D eigenvalue weighted by atomic mass is 9.94. The highest BCUT2D eigenvalue weighted by molar-refractivity contribution is 6.14. The van der Waals surface area contributed by atoms with Gasteiger partial charge in [-0.1, -0.05) is 170 Å². The molecule has 0 N–H and O–H groups in total. The number of aromatic nitrogens is 3. The van der Waals surface area contributed by atoms with Crippen molar-refractivity contribution in [3.05, 3.63) is 416 Å². The van der Waals surface area contributed by atoms with Gasteiger partial charge in [-0.15, -0.1) is 0 Å². The summed E-state index contributed by atoms with van der Waals surface area (Å²) in [5.41, 5.74) is 30.4. The van der Waals surface area contributed by atoms with Gasteiger partial charge in [0.25, 0.3) is 0 Å². The summed E-state index contributed by atoms with van der Waals surface area (Å²) in [5.74, 6) is 0. The van der Waals surface area contributed by atoms with E-state index in [-0.39, 0.29) is 0 Å². The summed E-state index contributed by atoms with van der Waals surface area (Å²) in [6.07, 6.45) is 0. The molecule has 0 radical (unpaired) electrons. The highest BCUT2D eigenvalue weighted by Crippen LogP contribution is 2.45. The van der Waals surface area contributed by atoms with Gasteiger partial charge < -0.3 is 27.0 Å². The Morgan fingerprint density at radius 1 is 0.167 bits per heavy atom. The fraction of sp³-hybridized carbons (Fsp3) is 0. The van der Waals surface area contributed by atoms with Crippen LogP contribution in [-0.4, -0.2) is 13.7 Å². The van der Waals surface area contributed by atoms with Gasteiger partial charge in [-0.2, -0.15) is 31.6 Å². The Morgan fingerprint density at radius 2 is 0.460 bits per heavy atom. The van der Waals surface area contributed by atoms with E-state index in [0.29, 0.717) is 33.4 Å². The van der Waals surface area contributed by atoms with Crippen LogP contribution in [0.15, 0.2) is 395 Å². The molecule has 0 saturated heterocycles. The molecule has 0 aliphatic carbocycles. The van der Waals surface area contributed by atoms with E-state index < -0.39 is 0 Å². The zero-order chi connectivity index (χ0) is 84.6. The fourth-order valence-corrected chi connectivity index (χ4v) is 18.2. The molecule has 24 rings (SSSR count). The Morgan fingerprint density at radius 3 is 0.849 bits per heavy atom. The molecule has 126 heavy (non-hydrogen) atoms. The lowest BCUT2D eigenvalue weighted by Crippen LogP contribution is -1.96. The highest BCUT2D eigenvalue weighted by Gasteiger charge is 2.23. The van der Waals surface area contributed by atoms with E-state index >= 15 is 0 Å². The van der Waals surface area contributed by atoms with E-state index in [1.807, 2.05) is 237 Å². The molecule has 0 unspecified atom stereocenters. The Kier molecular flexibility index (Phi) is 17.9. The first-order chi connectivity index (χ1) is 62.1. The first-order valence-corrected chi connectivity index (χ1v) is 41.1. The van der Waals surface area contributed by atoms with Crippen molar-refractivity contribution in [1.82, 2.24) is 13.7 Å². The first kappa shape index (κ1) is 74.0. The number of furan rings is 3. The quantitative estimate of drug-likeness (QED) is 0.135. The third-order valence-corrected chi connectivity index (χ3v) is 24.1. The summed E-state index contributed by atoms with van der Waals surface area (Å²) in [5, 5.41) is 70.6. The van der Waals surface area contributed by atoms with Crippen LogP contribution < -0.4 is 0 Å². The third kappa shape index (κ3) is 12.8. The average Bonchev–Trinajstić information content (AvgIpc) is 1.60. The predicted molar refractivity (Wildman–Crippen MR) is 505 cm³/mol. The number of nitriles is 6. The van der Waals surface area contributed by atoms with Gasteiger partial charge in [-0.3, -0.25) is 0 Å². The van der Waals surface area contributed by atoms with Crippen LogP contribution in [0, 0.1) is 68.0 Å². The predicted octanol–water partition coefficient (Wildman–Crippen LogP) is 29.3. The van der Waals surface area contributed by atoms with Crippen LogP contribution in [0.25, 0.3) is 215 Å². The van der Waals surface area contributed by atoms with Gasteiger partial charge in [0.15, 0.2) is 0 Å². The standard InChI is InChI=1S/3C38H21N3O/c39-22-24-6-5-7-26(16-24)28-18-29(27-13-15-38-34(21-27)32-9-2-4-11-37(32)42-38)20-30(19-28)41-35-10-3-1-8-31(35)33-17-25(23-40)12-14-36(33)41;39-22-24-9-12-26(13-10-24)28-18-29(27-14-16-38-34(21-27)32-6-2-4-8-37(32)42-38)20-30(19-28)41-35-7-3-1-5-31(35)33-17-25(23-40)11-15-36(33)41;39-22-24-13-15-36-33(17-24)31-9-3-5-11-35(31)41(36)29-19-27(18-28(20-29)30-8-2-1-7-26(30)23-40)25-14-16-38-34(21-25)32-10-4-6-12-37(32)42-38/h3*1-21H. The van der Waals surface area contributed by atoms with E-state index in [9.17, 15) is 31.6 Å². The topological polar surface area (TPSA) is 197 Å². The van der Waals surface area contributed by atoms with Crippen molar-refractivity contribution in [3.63, 3.8) is 0 Å². The molecule has 24 aromatic rings. The summed E-state index contributed by atoms with van der Waals surface area (Å²) < 4.78 is 25.1. The van der Waals surface area contributed by atoms with Gasteiger partial charge in [0, 0.05) is 81.7 Å². The van der Waals surface area contributed by atoms with Gasteiger partial charge in [-0.05, 0) is 279 Å². The largest absolute Gasteiger partial charge is 0.456 e. The summed E-state index contributed by atoms with van der Waals surface area (Å²) in [6.45, 7) is 0. The van der Waals surface area contributed by atoms with Crippen molar-refractivity contribution in [2.75, 3.05) is 0 Å².